The fraction of sp³-hybridized carbons (Fsp3) is 0.571. The highest BCUT2D eigenvalue weighted by Crippen LogP contribution is 2.16. The number of carbonyl (C=O) groups is 1. The van der Waals surface area contributed by atoms with Gasteiger partial charge in [0.15, 0.2) is 6.29 Å². The molecule has 0 amide bonds. The first-order chi connectivity index (χ1) is 5.70. The van der Waals surface area contributed by atoms with E-state index in [0.29, 0.717) is 6.29 Å². The van der Waals surface area contributed by atoms with Gasteiger partial charge in [0, 0.05) is 0 Å². The highest BCUT2D eigenvalue weighted by atomic mass is 16.5. The van der Waals surface area contributed by atoms with Gasteiger partial charge in [-0.3, -0.25) is 4.79 Å². The van der Waals surface area contributed by atoms with Gasteiger partial charge in [-0.1, -0.05) is 0 Å². The topological polar surface area (TPSA) is 87.0 Å². The molecule has 0 fully saturated rings. The molecule has 5 heteroatoms. The van der Waals surface area contributed by atoms with Crippen LogP contribution in [-0.4, -0.2) is 46.5 Å². The molecule has 0 aromatic heterocycles. The van der Waals surface area contributed by atoms with Gasteiger partial charge in [-0.05, 0) is 0 Å². The molecule has 0 radical (unpaired) electrons. The zero-order valence-corrected chi connectivity index (χ0v) is 6.25. The number of rotatable bonds is 2. The standard InChI is InChI=1S/C7H10O5/c8-1-4-3-12-5(2-9)7(11)6(4)10/h1,3,5-7,9-11H,2H2/t5-,6-,7-/m1/s1. The third kappa shape index (κ3) is 1.47. The third-order valence-electron chi connectivity index (χ3n) is 1.74. The lowest BCUT2D eigenvalue weighted by Crippen LogP contribution is -2.44. The Kier molecular flexibility index (Phi) is 2.80. The molecule has 1 aliphatic heterocycles. The van der Waals surface area contributed by atoms with Gasteiger partial charge in [-0.2, -0.15) is 0 Å². The summed E-state index contributed by atoms with van der Waals surface area (Å²) in [7, 11) is 0. The Balaban J connectivity index is 2.75. The molecule has 0 saturated heterocycles. The van der Waals surface area contributed by atoms with Gasteiger partial charge in [0.1, 0.15) is 18.3 Å². The predicted molar refractivity (Wildman–Crippen MR) is 38.1 cm³/mol. The summed E-state index contributed by atoms with van der Waals surface area (Å²) in [5.74, 6) is 0. The van der Waals surface area contributed by atoms with E-state index in [1.165, 1.54) is 0 Å². The molecule has 0 aromatic rings. The van der Waals surface area contributed by atoms with Crippen molar-refractivity contribution in [3.8, 4) is 0 Å². The van der Waals surface area contributed by atoms with Crippen LogP contribution in [0.4, 0.5) is 0 Å². The lowest BCUT2D eigenvalue weighted by atomic mass is 10.0. The summed E-state index contributed by atoms with van der Waals surface area (Å²) in [4.78, 5) is 10.2. The summed E-state index contributed by atoms with van der Waals surface area (Å²) in [5, 5.41) is 27.0. The first-order valence-electron chi connectivity index (χ1n) is 3.48. The van der Waals surface area contributed by atoms with Gasteiger partial charge in [-0.15, -0.1) is 0 Å². The number of aldehydes is 1. The van der Waals surface area contributed by atoms with Gasteiger partial charge in [0.05, 0.1) is 18.4 Å². The van der Waals surface area contributed by atoms with Crippen molar-refractivity contribution in [3.05, 3.63) is 11.8 Å². The minimum Gasteiger partial charge on any atom is -0.492 e. The second-order valence-electron chi connectivity index (χ2n) is 2.53. The second-order valence-corrected chi connectivity index (χ2v) is 2.53. The summed E-state index contributed by atoms with van der Waals surface area (Å²) in [6.07, 6.45) is -1.93. The second kappa shape index (κ2) is 3.66. The summed E-state index contributed by atoms with van der Waals surface area (Å²) in [6.45, 7) is -0.402. The molecule has 0 aliphatic carbocycles. The zero-order chi connectivity index (χ0) is 9.14. The number of hydrogen-bond donors (Lipinski definition) is 3. The Morgan fingerprint density at radius 2 is 2.25 bits per heavy atom. The van der Waals surface area contributed by atoms with Crippen molar-refractivity contribution >= 4 is 6.29 Å². The van der Waals surface area contributed by atoms with Crippen molar-refractivity contribution in [1.82, 2.24) is 0 Å². The maximum atomic E-state index is 10.2. The Bertz CT molecular complexity index is 200. The third-order valence-corrected chi connectivity index (χ3v) is 1.74. The molecule has 3 atom stereocenters. The SMILES string of the molecule is O=CC1=CO[C@H](CO)[C@@H](O)[C@@H]1O. The number of ether oxygens (including phenoxy) is 1. The fourth-order valence-corrected chi connectivity index (χ4v) is 0.965. The Labute approximate surface area is 68.9 Å². The molecular weight excluding hydrogens is 164 g/mol. The lowest BCUT2D eigenvalue weighted by molar-refractivity contribution is -0.113. The molecule has 1 heterocycles. The van der Waals surface area contributed by atoms with Crippen molar-refractivity contribution < 1.29 is 24.9 Å². The van der Waals surface area contributed by atoms with Crippen LogP contribution in [0.5, 0.6) is 0 Å². The fourth-order valence-electron chi connectivity index (χ4n) is 0.965. The molecule has 68 valence electrons. The van der Waals surface area contributed by atoms with E-state index in [2.05, 4.69) is 0 Å². The summed E-state index contributed by atoms with van der Waals surface area (Å²) < 4.78 is 4.76. The maximum absolute atomic E-state index is 10.2. The van der Waals surface area contributed by atoms with E-state index in [1.54, 1.807) is 0 Å². The summed E-state index contributed by atoms with van der Waals surface area (Å²) in [6, 6.07) is 0. The van der Waals surface area contributed by atoms with Crippen LogP contribution in [0.1, 0.15) is 0 Å². The highest BCUT2D eigenvalue weighted by Gasteiger charge is 2.33. The van der Waals surface area contributed by atoms with Crippen LogP contribution in [0.2, 0.25) is 0 Å². The van der Waals surface area contributed by atoms with E-state index in [1.807, 2.05) is 0 Å². The molecule has 5 nitrogen and oxygen atoms in total. The molecule has 1 rings (SSSR count). The van der Waals surface area contributed by atoms with Crippen LogP contribution in [0.25, 0.3) is 0 Å². The average Bonchev–Trinajstić information content (AvgIpc) is 2.10. The molecule has 0 spiro atoms. The van der Waals surface area contributed by atoms with E-state index in [-0.39, 0.29) is 5.57 Å². The van der Waals surface area contributed by atoms with Gasteiger partial charge in [0.2, 0.25) is 0 Å². The quantitative estimate of drug-likeness (QED) is 0.429. The number of aliphatic hydroxyl groups excluding tert-OH is 3. The van der Waals surface area contributed by atoms with E-state index in [4.69, 9.17) is 9.84 Å². The molecule has 0 unspecified atom stereocenters. The minimum atomic E-state index is -1.27. The highest BCUT2D eigenvalue weighted by molar-refractivity contribution is 5.74. The van der Waals surface area contributed by atoms with Crippen LogP contribution < -0.4 is 0 Å². The molecule has 1 aliphatic rings. The Hall–Kier alpha value is -0.910. The first-order valence-corrected chi connectivity index (χ1v) is 3.48. The van der Waals surface area contributed by atoms with Gasteiger partial charge >= 0.3 is 0 Å². The molecular formula is C7H10O5. The predicted octanol–water partition coefficient (Wildman–Crippen LogP) is -1.82. The van der Waals surface area contributed by atoms with Crippen molar-refractivity contribution in [3.63, 3.8) is 0 Å². The Morgan fingerprint density at radius 3 is 2.75 bits per heavy atom. The van der Waals surface area contributed by atoms with Gasteiger partial charge in [-0.25, -0.2) is 0 Å². The molecule has 0 bridgehead atoms. The lowest BCUT2D eigenvalue weighted by Gasteiger charge is -2.29. The monoisotopic (exact) mass is 174 g/mol. The van der Waals surface area contributed by atoms with E-state index in [9.17, 15) is 15.0 Å². The Morgan fingerprint density at radius 1 is 1.58 bits per heavy atom. The number of hydrogen-bond acceptors (Lipinski definition) is 5. The van der Waals surface area contributed by atoms with Crippen molar-refractivity contribution in [1.29, 1.82) is 0 Å². The van der Waals surface area contributed by atoms with Gasteiger partial charge < -0.3 is 20.1 Å². The molecule has 3 N–H and O–H groups in total. The van der Waals surface area contributed by atoms with Crippen molar-refractivity contribution in [2.24, 2.45) is 0 Å². The zero-order valence-electron chi connectivity index (χ0n) is 6.25. The number of carbonyl (C=O) groups excluding carboxylic acids is 1. The van der Waals surface area contributed by atoms with Crippen LogP contribution in [-0.2, 0) is 9.53 Å². The molecule has 0 aromatic carbocycles. The van der Waals surface area contributed by atoms with Crippen LogP contribution in [0.15, 0.2) is 11.8 Å². The van der Waals surface area contributed by atoms with E-state index < -0.39 is 24.9 Å². The van der Waals surface area contributed by atoms with Gasteiger partial charge in [0.25, 0.3) is 0 Å². The van der Waals surface area contributed by atoms with Crippen molar-refractivity contribution in [2.75, 3.05) is 6.61 Å². The smallest absolute Gasteiger partial charge is 0.151 e. The minimum absolute atomic E-state index is 0.0211. The van der Waals surface area contributed by atoms with Crippen molar-refractivity contribution in [2.45, 2.75) is 18.3 Å². The number of aliphatic hydroxyl groups is 3. The first kappa shape index (κ1) is 9.18. The molecule has 12 heavy (non-hydrogen) atoms. The van der Waals surface area contributed by atoms with Crippen LogP contribution in [0.3, 0.4) is 0 Å². The average molecular weight is 174 g/mol. The largest absolute Gasteiger partial charge is 0.492 e. The molecule has 0 saturated carbocycles. The summed E-state index contributed by atoms with van der Waals surface area (Å²) in [5.41, 5.74) is -0.0211. The van der Waals surface area contributed by atoms with E-state index >= 15 is 0 Å². The van der Waals surface area contributed by atoms with Crippen LogP contribution in [0, 0.1) is 0 Å². The maximum Gasteiger partial charge on any atom is 0.151 e. The van der Waals surface area contributed by atoms with Crippen LogP contribution >= 0.6 is 0 Å². The van der Waals surface area contributed by atoms with E-state index in [0.717, 1.165) is 6.26 Å². The summed E-state index contributed by atoms with van der Waals surface area (Å²) >= 11 is 0. The normalized spacial score (nSPS) is 35.2.